The maximum Gasteiger partial charge on any atom is 0.206 e. The fourth-order valence-corrected chi connectivity index (χ4v) is 1.46. The molecule has 1 heterocycles. The fraction of sp³-hybridized carbons (Fsp3) is 0.300. The van der Waals surface area contributed by atoms with Crippen molar-refractivity contribution >= 4 is 5.78 Å². The normalized spacial score (nSPS) is 19.8. The molecule has 0 saturated heterocycles. The molecule has 3 heteroatoms. The number of carbonyl (C=O) groups excluding carboxylic acids is 1. The summed E-state index contributed by atoms with van der Waals surface area (Å²) in [6.45, 7) is 1.90. The van der Waals surface area contributed by atoms with Crippen LogP contribution < -0.4 is 4.74 Å². The lowest BCUT2D eigenvalue weighted by atomic mass is 10.1. The molecule has 2 rings (SSSR count). The first-order valence-electron chi connectivity index (χ1n) is 4.26. The summed E-state index contributed by atoms with van der Waals surface area (Å²) in [4.78, 5) is 11.5. The summed E-state index contributed by atoms with van der Waals surface area (Å²) < 4.78 is 5.34. The van der Waals surface area contributed by atoms with Crippen molar-refractivity contribution in [3.63, 3.8) is 0 Å². The molecule has 1 aromatic carbocycles. The van der Waals surface area contributed by atoms with Crippen LogP contribution in [0.4, 0.5) is 0 Å². The molecule has 3 nitrogen and oxygen atoms in total. The van der Waals surface area contributed by atoms with Gasteiger partial charge in [-0.05, 0) is 18.6 Å². The van der Waals surface area contributed by atoms with Crippen LogP contribution in [0.25, 0.3) is 0 Å². The number of rotatable bonds is 1. The zero-order valence-electron chi connectivity index (χ0n) is 7.28. The molecule has 13 heavy (non-hydrogen) atoms. The van der Waals surface area contributed by atoms with E-state index < -0.39 is 0 Å². The van der Waals surface area contributed by atoms with E-state index in [1.165, 1.54) is 12.1 Å². The lowest BCUT2D eigenvalue weighted by Gasteiger charge is -2.04. The van der Waals surface area contributed by atoms with Gasteiger partial charge < -0.3 is 9.84 Å². The van der Waals surface area contributed by atoms with Crippen LogP contribution in [0.1, 0.15) is 23.7 Å². The number of fused-ring (bicyclic) bond motifs is 1. The Balaban J connectivity index is 2.44. The van der Waals surface area contributed by atoms with Gasteiger partial charge in [0.05, 0.1) is 5.56 Å². The largest absolute Gasteiger partial charge is 0.508 e. The quantitative estimate of drug-likeness (QED) is 0.712. The Kier molecular flexibility index (Phi) is 1.72. The average molecular weight is 178 g/mol. The molecule has 1 aliphatic rings. The minimum Gasteiger partial charge on any atom is -0.508 e. The summed E-state index contributed by atoms with van der Waals surface area (Å²) in [5.74, 6) is 0.637. The molecule has 0 radical (unpaired) electrons. The number of hydrogen-bond donors (Lipinski definition) is 1. The maximum absolute atomic E-state index is 11.5. The van der Waals surface area contributed by atoms with Crippen LogP contribution in [0.5, 0.6) is 11.5 Å². The molecule has 68 valence electrons. The van der Waals surface area contributed by atoms with E-state index in [1.54, 1.807) is 6.07 Å². The van der Waals surface area contributed by atoms with E-state index in [1.807, 2.05) is 6.92 Å². The van der Waals surface area contributed by atoms with Gasteiger partial charge in [-0.25, -0.2) is 0 Å². The van der Waals surface area contributed by atoms with Crippen LogP contribution in [0.15, 0.2) is 18.2 Å². The third-order valence-electron chi connectivity index (χ3n) is 2.16. The molecule has 0 aromatic heterocycles. The van der Waals surface area contributed by atoms with E-state index in [0.717, 1.165) is 0 Å². The van der Waals surface area contributed by atoms with Gasteiger partial charge in [-0.15, -0.1) is 0 Å². The molecule has 0 amide bonds. The molecule has 1 N–H and O–H groups in total. The highest BCUT2D eigenvalue weighted by Gasteiger charge is 2.30. The molecular formula is C10H10O3. The van der Waals surface area contributed by atoms with Crippen molar-refractivity contribution in [2.75, 3.05) is 0 Å². The third kappa shape index (κ3) is 1.16. The lowest BCUT2D eigenvalue weighted by Crippen LogP contribution is -2.18. The maximum atomic E-state index is 11.5. The Labute approximate surface area is 76.0 Å². The second kappa shape index (κ2) is 2.76. The number of aromatic hydroxyl groups is 1. The zero-order chi connectivity index (χ0) is 9.42. The number of ketones is 1. The SMILES string of the molecule is CCC1Oc2cc(O)ccc2C1=O. The molecular weight excluding hydrogens is 168 g/mol. The van der Waals surface area contributed by atoms with Crippen molar-refractivity contribution < 1.29 is 14.6 Å². The van der Waals surface area contributed by atoms with Gasteiger partial charge in [0.1, 0.15) is 11.5 Å². The Morgan fingerprint density at radius 2 is 2.31 bits per heavy atom. The third-order valence-corrected chi connectivity index (χ3v) is 2.16. The molecule has 0 bridgehead atoms. The van der Waals surface area contributed by atoms with E-state index >= 15 is 0 Å². The van der Waals surface area contributed by atoms with Crippen LogP contribution in [0.2, 0.25) is 0 Å². The second-order valence-electron chi connectivity index (χ2n) is 3.06. The monoisotopic (exact) mass is 178 g/mol. The first kappa shape index (κ1) is 8.10. The number of phenols is 1. The average Bonchev–Trinajstić information content (AvgIpc) is 2.42. The summed E-state index contributed by atoms with van der Waals surface area (Å²) in [5.41, 5.74) is 0.574. The second-order valence-corrected chi connectivity index (χ2v) is 3.06. The van der Waals surface area contributed by atoms with E-state index in [2.05, 4.69) is 0 Å². The molecule has 1 aromatic rings. The lowest BCUT2D eigenvalue weighted by molar-refractivity contribution is 0.0853. The van der Waals surface area contributed by atoms with Gasteiger partial charge in [0, 0.05) is 6.07 Å². The minimum absolute atomic E-state index is 0.0116. The standard InChI is InChI=1S/C10H10O3/c1-2-8-10(12)7-4-3-6(11)5-9(7)13-8/h3-5,8,11H,2H2,1H3. The van der Waals surface area contributed by atoms with Gasteiger partial charge >= 0.3 is 0 Å². The summed E-state index contributed by atoms with van der Waals surface area (Å²) in [7, 11) is 0. The highest BCUT2D eigenvalue weighted by molar-refractivity contribution is 6.04. The Hall–Kier alpha value is -1.51. The number of hydrogen-bond acceptors (Lipinski definition) is 3. The van der Waals surface area contributed by atoms with E-state index in [0.29, 0.717) is 17.7 Å². The first-order valence-corrected chi connectivity index (χ1v) is 4.26. The first-order chi connectivity index (χ1) is 6.22. The van der Waals surface area contributed by atoms with Crippen molar-refractivity contribution in [3.05, 3.63) is 23.8 Å². The molecule has 0 saturated carbocycles. The van der Waals surface area contributed by atoms with Crippen LogP contribution in [-0.4, -0.2) is 17.0 Å². The Morgan fingerprint density at radius 3 is 3.00 bits per heavy atom. The predicted molar refractivity (Wildman–Crippen MR) is 47.1 cm³/mol. The highest BCUT2D eigenvalue weighted by Crippen LogP contribution is 2.32. The molecule has 0 spiro atoms. The van der Waals surface area contributed by atoms with Crippen LogP contribution in [0.3, 0.4) is 0 Å². The molecule has 1 unspecified atom stereocenters. The van der Waals surface area contributed by atoms with Gasteiger partial charge in [0.15, 0.2) is 6.10 Å². The van der Waals surface area contributed by atoms with Crippen LogP contribution >= 0.6 is 0 Å². The van der Waals surface area contributed by atoms with Crippen LogP contribution in [-0.2, 0) is 0 Å². The highest BCUT2D eigenvalue weighted by atomic mass is 16.5. The van der Waals surface area contributed by atoms with Gasteiger partial charge in [0.25, 0.3) is 0 Å². The summed E-state index contributed by atoms with van der Waals surface area (Å²) >= 11 is 0. The van der Waals surface area contributed by atoms with Crippen molar-refractivity contribution in [2.24, 2.45) is 0 Å². The number of benzene rings is 1. The molecule has 1 atom stereocenters. The van der Waals surface area contributed by atoms with Crippen molar-refractivity contribution in [1.29, 1.82) is 0 Å². The summed E-state index contributed by atoms with van der Waals surface area (Å²) in [6, 6.07) is 4.57. The summed E-state index contributed by atoms with van der Waals surface area (Å²) in [5, 5.41) is 9.15. The zero-order valence-corrected chi connectivity index (χ0v) is 7.28. The summed E-state index contributed by atoms with van der Waals surface area (Å²) in [6.07, 6.45) is 0.297. The Bertz CT molecular complexity index is 357. The predicted octanol–water partition coefficient (Wildman–Crippen LogP) is 1.75. The number of carbonyl (C=O) groups is 1. The smallest absolute Gasteiger partial charge is 0.206 e. The van der Waals surface area contributed by atoms with Crippen molar-refractivity contribution in [3.8, 4) is 11.5 Å². The van der Waals surface area contributed by atoms with Gasteiger partial charge in [-0.3, -0.25) is 4.79 Å². The molecule has 0 fully saturated rings. The minimum atomic E-state index is -0.364. The number of ether oxygens (including phenoxy) is 1. The van der Waals surface area contributed by atoms with Crippen molar-refractivity contribution in [2.45, 2.75) is 19.4 Å². The fourth-order valence-electron chi connectivity index (χ4n) is 1.46. The van der Waals surface area contributed by atoms with Crippen molar-refractivity contribution in [1.82, 2.24) is 0 Å². The number of Topliss-reactive ketones (excluding diaryl/α,β-unsaturated/α-hetero) is 1. The van der Waals surface area contributed by atoms with E-state index in [4.69, 9.17) is 9.84 Å². The topological polar surface area (TPSA) is 46.5 Å². The van der Waals surface area contributed by atoms with Crippen LogP contribution in [0, 0.1) is 0 Å². The van der Waals surface area contributed by atoms with Gasteiger partial charge in [0.2, 0.25) is 5.78 Å². The van der Waals surface area contributed by atoms with E-state index in [-0.39, 0.29) is 17.6 Å². The Morgan fingerprint density at radius 1 is 1.54 bits per heavy atom. The van der Waals surface area contributed by atoms with Gasteiger partial charge in [-0.1, -0.05) is 6.92 Å². The van der Waals surface area contributed by atoms with E-state index in [9.17, 15) is 4.79 Å². The van der Waals surface area contributed by atoms with Gasteiger partial charge in [-0.2, -0.15) is 0 Å². The number of phenolic OH excluding ortho intramolecular Hbond substituents is 1. The molecule has 0 aliphatic carbocycles. The molecule has 1 aliphatic heterocycles.